The molecule has 0 fully saturated rings. The van der Waals surface area contributed by atoms with Gasteiger partial charge in [-0.1, -0.05) is 52.0 Å². The van der Waals surface area contributed by atoms with Crippen LogP contribution in [0.5, 0.6) is 0 Å². The Hall–Kier alpha value is -2.10. The second-order valence-corrected chi connectivity index (χ2v) is 5.58. The summed E-state index contributed by atoms with van der Waals surface area (Å²) in [6.07, 6.45) is 0. The molecule has 0 spiro atoms. The molecule has 1 heterocycles. The normalized spacial score (nSPS) is 11.3. The standard InChI is InChI=1S/C16H20N2O2/c1-9(2)11-5-7-12(8-6-11)15-17-13(10(3)4)14(18-15)16(19)20/h5-10H,1-4H3,(H,17,18)(H,19,20). The van der Waals surface area contributed by atoms with Crippen molar-refractivity contribution in [2.75, 3.05) is 0 Å². The lowest BCUT2D eigenvalue weighted by Gasteiger charge is -2.05. The Balaban J connectivity index is 2.42. The average Bonchev–Trinajstić information content (AvgIpc) is 2.84. The molecule has 20 heavy (non-hydrogen) atoms. The number of aromatic carboxylic acids is 1. The zero-order valence-electron chi connectivity index (χ0n) is 12.3. The van der Waals surface area contributed by atoms with Gasteiger partial charge in [0.25, 0.3) is 0 Å². The first-order chi connectivity index (χ1) is 9.40. The van der Waals surface area contributed by atoms with Gasteiger partial charge < -0.3 is 10.1 Å². The van der Waals surface area contributed by atoms with Gasteiger partial charge in [0.05, 0.1) is 5.69 Å². The molecule has 0 aliphatic carbocycles. The largest absolute Gasteiger partial charge is 0.476 e. The number of H-pyrrole nitrogens is 1. The first-order valence-electron chi connectivity index (χ1n) is 6.83. The van der Waals surface area contributed by atoms with Gasteiger partial charge in [-0.05, 0) is 17.4 Å². The summed E-state index contributed by atoms with van der Waals surface area (Å²) in [5.74, 6) is 0.190. The van der Waals surface area contributed by atoms with E-state index in [4.69, 9.17) is 0 Å². The van der Waals surface area contributed by atoms with Crippen LogP contribution in [0, 0.1) is 0 Å². The number of aromatic amines is 1. The fourth-order valence-electron chi connectivity index (χ4n) is 2.13. The van der Waals surface area contributed by atoms with E-state index in [1.54, 1.807) is 0 Å². The molecule has 2 N–H and O–H groups in total. The number of imidazole rings is 1. The highest BCUT2D eigenvalue weighted by molar-refractivity contribution is 5.88. The molecule has 1 aromatic carbocycles. The van der Waals surface area contributed by atoms with Gasteiger partial charge in [-0.2, -0.15) is 0 Å². The molecule has 2 aromatic rings. The maximum absolute atomic E-state index is 11.2. The number of carboxylic acid groups (broad SMARTS) is 1. The molecule has 0 aliphatic rings. The Kier molecular flexibility index (Phi) is 3.93. The molecular formula is C16H20N2O2. The van der Waals surface area contributed by atoms with E-state index >= 15 is 0 Å². The third kappa shape index (κ3) is 2.74. The van der Waals surface area contributed by atoms with E-state index in [9.17, 15) is 9.90 Å². The Bertz CT molecular complexity index is 610. The van der Waals surface area contributed by atoms with Crippen molar-refractivity contribution in [3.63, 3.8) is 0 Å². The zero-order valence-corrected chi connectivity index (χ0v) is 12.3. The van der Waals surface area contributed by atoms with Crippen LogP contribution in [0.4, 0.5) is 0 Å². The van der Waals surface area contributed by atoms with E-state index in [0.29, 0.717) is 17.4 Å². The molecular weight excluding hydrogens is 252 g/mol. The predicted octanol–water partition coefficient (Wildman–Crippen LogP) is 4.02. The number of hydrogen-bond donors (Lipinski definition) is 2. The number of carboxylic acids is 1. The first-order valence-corrected chi connectivity index (χ1v) is 6.83. The minimum absolute atomic E-state index is 0.0947. The summed E-state index contributed by atoms with van der Waals surface area (Å²) in [4.78, 5) is 18.6. The molecule has 0 saturated carbocycles. The number of carbonyl (C=O) groups is 1. The van der Waals surface area contributed by atoms with Crippen molar-refractivity contribution in [3.8, 4) is 11.4 Å². The van der Waals surface area contributed by atoms with Crippen molar-refractivity contribution >= 4 is 5.97 Å². The number of benzene rings is 1. The van der Waals surface area contributed by atoms with Gasteiger partial charge >= 0.3 is 5.97 Å². The van der Waals surface area contributed by atoms with Crippen LogP contribution in [0.25, 0.3) is 11.4 Å². The summed E-state index contributed by atoms with van der Waals surface area (Å²) in [6, 6.07) is 8.06. The van der Waals surface area contributed by atoms with Crippen LogP contribution in [0.15, 0.2) is 24.3 Å². The van der Waals surface area contributed by atoms with Gasteiger partial charge in [0.1, 0.15) is 5.82 Å². The number of rotatable bonds is 4. The fraction of sp³-hybridized carbons (Fsp3) is 0.375. The summed E-state index contributed by atoms with van der Waals surface area (Å²) in [7, 11) is 0. The monoisotopic (exact) mass is 272 g/mol. The molecule has 4 nitrogen and oxygen atoms in total. The van der Waals surface area contributed by atoms with Crippen molar-refractivity contribution < 1.29 is 9.90 Å². The lowest BCUT2D eigenvalue weighted by molar-refractivity contribution is 0.0689. The first kappa shape index (κ1) is 14.3. The highest BCUT2D eigenvalue weighted by atomic mass is 16.4. The second-order valence-electron chi connectivity index (χ2n) is 5.58. The van der Waals surface area contributed by atoms with E-state index in [1.165, 1.54) is 5.56 Å². The van der Waals surface area contributed by atoms with Gasteiger partial charge in [-0.3, -0.25) is 0 Å². The molecule has 0 unspecified atom stereocenters. The van der Waals surface area contributed by atoms with Gasteiger partial charge in [-0.25, -0.2) is 9.78 Å². The Morgan fingerprint density at radius 2 is 1.70 bits per heavy atom. The maximum atomic E-state index is 11.2. The highest BCUT2D eigenvalue weighted by Crippen LogP contribution is 2.25. The number of nitrogens with one attached hydrogen (secondary N) is 1. The quantitative estimate of drug-likeness (QED) is 0.883. The van der Waals surface area contributed by atoms with Crippen LogP contribution in [0.1, 0.15) is 61.3 Å². The fourth-order valence-corrected chi connectivity index (χ4v) is 2.13. The van der Waals surface area contributed by atoms with Crippen molar-refractivity contribution in [1.82, 2.24) is 9.97 Å². The second kappa shape index (κ2) is 5.49. The van der Waals surface area contributed by atoms with Gasteiger partial charge in [0.15, 0.2) is 5.69 Å². The molecule has 0 aliphatic heterocycles. The Morgan fingerprint density at radius 3 is 2.10 bits per heavy atom. The predicted molar refractivity (Wildman–Crippen MR) is 79.2 cm³/mol. The average molecular weight is 272 g/mol. The van der Waals surface area contributed by atoms with Crippen LogP contribution >= 0.6 is 0 Å². The number of hydrogen-bond acceptors (Lipinski definition) is 2. The minimum atomic E-state index is -0.991. The molecule has 0 radical (unpaired) electrons. The molecule has 0 saturated heterocycles. The Labute approximate surface area is 118 Å². The van der Waals surface area contributed by atoms with Crippen LogP contribution in [0.3, 0.4) is 0 Å². The van der Waals surface area contributed by atoms with Crippen molar-refractivity contribution in [2.45, 2.75) is 39.5 Å². The van der Waals surface area contributed by atoms with Gasteiger partial charge in [0, 0.05) is 5.56 Å². The van der Waals surface area contributed by atoms with E-state index in [1.807, 2.05) is 26.0 Å². The summed E-state index contributed by atoms with van der Waals surface area (Å²) in [5, 5.41) is 9.21. The minimum Gasteiger partial charge on any atom is -0.476 e. The summed E-state index contributed by atoms with van der Waals surface area (Å²) in [6.45, 7) is 8.18. The van der Waals surface area contributed by atoms with Crippen LogP contribution in [-0.2, 0) is 0 Å². The summed E-state index contributed by atoms with van der Waals surface area (Å²) in [5.41, 5.74) is 2.94. The van der Waals surface area contributed by atoms with E-state index in [-0.39, 0.29) is 11.6 Å². The SMILES string of the molecule is CC(C)c1ccc(-c2nc(C(=O)O)c(C(C)C)[nH]2)cc1. The number of aromatic nitrogens is 2. The molecule has 1 aromatic heterocycles. The lowest BCUT2D eigenvalue weighted by Crippen LogP contribution is -2.02. The van der Waals surface area contributed by atoms with Gasteiger partial charge in [-0.15, -0.1) is 0 Å². The molecule has 0 amide bonds. The molecule has 0 bridgehead atoms. The molecule has 106 valence electrons. The maximum Gasteiger partial charge on any atom is 0.356 e. The third-order valence-corrected chi connectivity index (χ3v) is 3.36. The van der Waals surface area contributed by atoms with E-state index in [2.05, 4.69) is 35.9 Å². The molecule has 2 rings (SSSR count). The van der Waals surface area contributed by atoms with Crippen molar-refractivity contribution in [1.29, 1.82) is 0 Å². The van der Waals surface area contributed by atoms with Crippen molar-refractivity contribution in [3.05, 3.63) is 41.2 Å². The van der Waals surface area contributed by atoms with Crippen LogP contribution in [0.2, 0.25) is 0 Å². The van der Waals surface area contributed by atoms with Gasteiger partial charge in [0.2, 0.25) is 0 Å². The Morgan fingerprint density at radius 1 is 1.10 bits per heavy atom. The summed E-state index contributed by atoms with van der Waals surface area (Å²) < 4.78 is 0. The highest BCUT2D eigenvalue weighted by Gasteiger charge is 2.19. The lowest BCUT2D eigenvalue weighted by atomic mass is 10.0. The van der Waals surface area contributed by atoms with Crippen molar-refractivity contribution in [2.24, 2.45) is 0 Å². The van der Waals surface area contributed by atoms with Crippen LogP contribution in [-0.4, -0.2) is 21.0 Å². The third-order valence-electron chi connectivity index (χ3n) is 3.36. The van der Waals surface area contributed by atoms with Crippen LogP contribution < -0.4 is 0 Å². The smallest absolute Gasteiger partial charge is 0.356 e. The zero-order chi connectivity index (χ0) is 14.9. The summed E-state index contributed by atoms with van der Waals surface area (Å²) >= 11 is 0. The number of nitrogens with zero attached hydrogens (tertiary/aromatic N) is 1. The topological polar surface area (TPSA) is 66.0 Å². The molecule has 4 heteroatoms. The molecule has 0 atom stereocenters. The van der Waals surface area contributed by atoms with E-state index < -0.39 is 5.97 Å². The van der Waals surface area contributed by atoms with E-state index in [0.717, 1.165) is 5.56 Å².